The molecule has 2 aromatic rings. The number of nitrogens with two attached hydrogens (primary N) is 1. The maximum Gasteiger partial charge on any atom is 0.194 e. The van der Waals surface area contributed by atoms with Gasteiger partial charge in [-0.2, -0.15) is 0 Å². The molecule has 2 rings (SSSR count). The SMILES string of the molecule is Nc1cc(Cl)cc(-c2cc(F)c(F)c(F)c2)c1. The van der Waals surface area contributed by atoms with Crippen LogP contribution in [0.4, 0.5) is 18.9 Å². The first-order valence-electron chi connectivity index (χ1n) is 4.68. The Hall–Kier alpha value is -1.68. The Balaban J connectivity index is 2.60. The molecule has 0 saturated heterocycles. The minimum Gasteiger partial charge on any atom is -0.399 e. The van der Waals surface area contributed by atoms with Gasteiger partial charge < -0.3 is 5.73 Å². The van der Waals surface area contributed by atoms with Gasteiger partial charge in [-0.3, -0.25) is 0 Å². The second-order valence-corrected chi connectivity index (χ2v) is 3.96. The number of halogens is 4. The van der Waals surface area contributed by atoms with Crippen molar-refractivity contribution in [1.29, 1.82) is 0 Å². The van der Waals surface area contributed by atoms with Crippen LogP contribution in [0.3, 0.4) is 0 Å². The van der Waals surface area contributed by atoms with E-state index in [2.05, 4.69) is 0 Å². The predicted octanol–water partition coefficient (Wildman–Crippen LogP) is 4.01. The lowest BCUT2D eigenvalue weighted by Gasteiger charge is -2.05. The highest BCUT2D eigenvalue weighted by Crippen LogP contribution is 2.28. The third-order valence-electron chi connectivity index (χ3n) is 2.24. The Labute approximate surface area is 101 Å². The van der Waals surface area contributed by atoms with E-state index in [1.807, 2.05) is 0 Å². The molecule has 0 bridgehead atoms. The molecule has 0 fully saturated rings. The van der Waals surface area contributed by atoms with Crippen LogP contribution < -0.4 is 5.73 Å². The van der Waals surface area contributed by atoms with Crippen LogP contribution in [0.2, 0.25) is 5.02 Å². The smallest absolute Gasteiger partial charge is 0.194 e. The van der Waals surface area contributed by atoms with Gasteiger partial charge in [0, 0.05) is 10.7 Å². The van der Waals surface area contributed by atoms with Crippen molar-refractivity contribution in [3.8, 4) is 11.1 Å². The van der Waals surface area contributed by atoms with E-state index in [1.54, 1.807) is 0 Å². The molecule has 0 amide bonds. The minimum atomic E-state index is -1.50. The summed E-state index contributed by atoms with van der Waals surface area (Å²) >= 11 is 5.77. The second-order valence-electron chi connectivity index (χ2n) is 3.53. The van der Waals surface area contributed by atoms with Crippen LogP contribution in [-0.2, 0) is 0 Å². The fraction of sp³-hybridized carbons (Fsp3) is 0. The summed E-state index contributed by atoms with van der Waals surface area (Å²) in [4.78, 5) is 0. The van der Waals surface area contributed by atoms with E-state index in [-0.39, 0.29) is 5.56 Å². The monoisotopic (exact) mass is 257 g/mol. The van der Waals surface area contributed by atoms with Crippen LogP contribution in [0, 0.1) is 17.5 Å². The Morgan fingerprint density at radius 3 is 1.88 bits per heavy atom. The Morgan fingerprint density at radius 2 is 1.35 bits per heavy atom. The molecule has 5 heteroatoms. The van der Waals surface area contributed by atoms with Crippen molar-refractivity contribution in [2.45, 2.75) is 0 Å². The van der Waals surface area contributed by atoms with Crippen molar-refractivity contribution in [3.63, 3.8) is 0 Å². The van der Waals surface area contributed by atoms with Crippen LogP contribution in [0.5, 0.6) is 0 Å². The van der Waals surface area contributed by atoms with Crippen molar-refractivity contribution >= 4 is 17.3 Å². The lowest BCUT2D eigenvalue weighted by Crippen LogP contribution is -1.93. The van der Waals surface area contributed by atoms with Crippen molar-refractivity contribution in [3.05, 3.63) is 52.8 Å². The van der Waals surface area contributed by atoms with E-state index < -0.39 is 17.5 Å². The molecular formula is C12H7ClF3N. The van der Waals surface area contributed by atoms with Crippen LogP contribution in [-0.4, -0.2) is 0 Å². The highest BCUT2D eigenvalue weighted by Gasteiger charge is 2.12. The number of nitrogen functional groups attached to an aromatic ring is 1. The van der Waals surface area contributed by atoms with E-state index >= 15 is 0 Å². The van der Waals surface area contributed by atoms with Gasteiger partial charge in [0.15, 0.2) is 17.5 Å². The molecule has 1 nitrogen and oxygen atoms in total. The van der Waals surface area contributed by atoms with E-state index in [4.69, 9.17) is 17.3 Å². The van der Waals surface area contributed by atoms with Crippen LogP contribution in [0.15, 0.2) is 30.3 Å². The Morgan fingerprint density at radius 1 is 0.824 bits per heavy atom. The number of benzene rings is 2. The standard InChI is InChI=1S/C12H7ClF3N/c13-8-1-6(2-9(17)5-8)7-3-10(14)12(16)11(15)4-7/h1-5H,17H2. The number of anilines is 1. The van der Waals surface area contributed by atoms with Gasteiger partial charge in [0.2, 0.25) is 0 Å². The molecule has 0 aliphatic heterocycles. The summed E-state index contributed by atoms with van der Waals surface area (Å²) in [5.41, 5.74) is 6.52. The molecule has 2 aromatic carbocycles. The highest BCUT2D eigenvalue weighted by molar-refractivity contribution is 6.31. The normalized spacial score (nSPS) is 10.6. The molecule has 0 saturated carbocycles. The fourth-order valence-corrected chi connectivity index (χ4v) is 1.74. The molecule has 2 N–H and O–H groups in total. The zero-order valence-corrected chi connectivity index (χ0v) is 9.23. The van der Waals surface area contributed by atoms with Crippen molar-refractivity contribution < 1.29 is 13.2 Å². The summed E-state index contributed by atoms with van der Waals surface area (Å²) in [5, 5.41) is 0.338. The quantitative estimate of drug-likeness (QED) is 0.606. The van der Waals surface area contributed by atoms with E-state index in [0.29, 0.717) is 16.3 Å². The number of rotatable bonds is 1. The summed E-state index contributed by atoms with van der Waals surface area (Å²) < 4.78 is 38.9. The van der Waals surface area contributed by atoms with Gasteiger partial charge in [0.25, 0.3) is 0 Å². The molecule has 17 heavy (non-hydrogen) atoms. The highest BCUT2D eigenvalue weighted by atomic mass is 35.5. The zero-order valence-electron chi connectivity index (χ0n) is 8.48. The van der Waals surface area contributed by atoms with Gasteiger partial charge in [-0.25, -0.2) is 13.2 Å². The summed E-state index contributed by atoms with van der Waals surface area (Å²) in [7, 11) is 0. The molecular weight excluding hydrogens is 251 g/mol. The third kappa shape index (κ3) is 2.36. The van der Waals surface area contributed by atoms with Crippen molar-refractivity contribution in [1.82, 2.24) is 0 Å². The molecule has 0 aliphatic carbocycles. The fourth-order valence-electron chi connectivity index (χ4n) is 1.50. The molecule has 0 aliphatic rings. The van der Waals surface area contributed by atoms with E-state index in [1.165, 1.54) is 18.2 Å². The average molecular weight is 258 g/mol. The topological polar surface area (TPSA) is 26.0 Å². The van der Waals surface area contributed by atoms with Crippen molar-refractivity contribution in [2.24, 2.45) is 0 Å². The third-order valence-corrected chi connectivity index (χ3v) is 2.46. The van der Waals surface area contributed by atoms with Crippen molar-refractivity contribution in [2.75, 3.05) is 5.73 Å². The molecule has 88 valence electrons. The maximum absolute atomic E-state index is 13.0. The molecule has 0 heterocycles. The van der Waals surface area contributed by atoms with Crippen LogP contribution in [0.1, 0.15) is 0 Å². The van der Waals surface area contributed by atoms with Crippen LogP contribution >= 0.6 is 11.6 Å². The van der Waals surface area contributed by atoms with Gasteiger partial charge in [-0.15, -0.1) is 0 Å². The summed E-state index contributed by atoms with van der Waals surface area (Å²) in [6.07, 6.45) is 0. The Bertz CT molecular complexity index is 541. The number of hydrogen-bond donors (Lipinski definition) is 1. The maximum atomic E-state index is 13.0. The summed E-state index contributed by atoms with van der Waals surface area (Å²) in [6, 6.07) is 6.27. The van der Waals surface area contributed by atoms with Gasteiger partial charge in [0.1, 0.15) is 0 Å². The van der Waals surface area contributed by atoms with Gasteiger partial charge in [0.05, 0.1) is 0 Å². The summed E-state index contributed by atoms with van der Waals surface area (Å²) in [6.45, 7) is 0. The Kier molecular flexibility index (Phi) is 2.98. The lowest BCUT2D eigenvalue weighted by molar-refractivity contribution is 0.448. The van der Waals surface area contributed by atoms with Gasteiger partial charge in [-0.1, -0.05) is 11.6 Å². The lowest BCUT2D eigenvalue weighted by atomic mass is 10.0. The first-order chi connectivity index (χ1) is 7.97. The molecule has 0 atom stereocenters. The zero-order chi connectivity index (χ0) is 12.6. The van der Waals surface area contributed by atoms with Crippen LogP contribution in [0.25, 0.3) is 11.1 Å². The van der Waals surface area contributed by atoms with Gasteiger partial charge >= 0.3 is 0 Å². The molecule has 0 unspecified atom stereocenters. The number of hydrogen-bond acceptors (Lipinski definition) is 1. The molecule has 0 spiro atoms. The average Bonchev–Trinajstić information content (AvgIpc) is 2.23. The first-order valence-corrected chi connectivity index (χ1v) is 5.06. The predicted molar refractivity (Wildman–Crippen MR) is 61.2 cm³/mol. The molecule has 0 aromatic heterocycles. The minimum absolute atomic E-state index is 0.176. The summed E-state index contributed by atoms with van der Waals surface area (Å²) in [5.74, 6) is -4.00. The van der Waals surface area contributed by atoms with E-state index in [0.717, 1.165) is 12.1 Å². The van der Waals surface area contributed by atoms with E-state index in [9.17, 15) is 13.2 Å². The second kappa shape index (κ2) is 4.30. The van der Waals surface area contributed by atoms with Gasteiger partial charge in [-0.05, 0) is 41.5 Å². The largest absolute Gasteiger partial charge is 0.399 e. The first kappa shape index (κ1) is 11.8. The molecule has 0 radical (unpaired) electrons.